The zero-order chi connectivity index (χ0) is 14.6. The molecule has 0 unspecified atom stereocenters. The average Bonchev–Trinajstić information content (AvgIpc) is 3.12. The van der Waals surface area contributed by atoms with Gasteiger partial charge < -0.3 is 15.8 Å². The Morgan fingerprint density at radius 1 is 1.43 bits per heavy atom. The van der Waals surface area contributed by atoms with Crippen molar-refractivity contribution >= 4 is 22.2 Å². The van der Waals surface area contributed by atoms with Gasteiger partial charge in [-0.1, -0.05) is 6.07 Å². The summed E-state index contributed by atoms with van der Waals surface area (Å²) in [5.74, 6) is 0.767. The molecule has 2 aromatic rings. The maximum Gasteiger partial charge on any atom is 0.255 e. The number of carbonyl (C=O) groups is 1. The topological polar surface area (TPSA) is 64.3 Å². The van der Waals surface area contributed by atoms with Gasteiger partial charge in [-0.05, 0) is 36.1 Å². The van der Waals surface area contributed by atoms with Crippen LogP contribution < -0.4 is 15.8 Å². The number of carbonyl (C=O) groups excluding carboxylic acids is 1. The van der Waals surface area contributed by atoms with Crippen molar-refractivity contribution in [2.24, 2.45) is 0 Å². The molecule has 2 aliphatic rings. The van der Waals surface area contributed by atoms with Gasteiger partial charge in [-0.2, -0.15) is 0 Å². The van der Waals surface area contributed by atoms with E-state index in [1.54, 1.807) is 7.11 Å². The summed E-state index contributed by atoms with van der Waals surface area (Å²) in [6, 6.07) is 6.36. The summed E-state index contributed by atoms with van der Waals surface area (Å²) in [4.78, 5) is 13.7. The van der Waals surface area contributed by atoms with E-state index in [0.717, 1.165) is 36.1 Å². The van der Waals surface area contributed by atoms with Gasteiger partial charge in [0, 0.05) is 22.9 Å². The summed E-state index contributed by atoms with van der Waals surface area (Å²) in [7, 11) is 1.65. The van der Waals surface area contributed by atoms with Crippen LogP contribution >= 0.6 is 11.3 Å². The lowest BCUT2D eigenvalue weighted by Gasteiger charge is -2.08. The number of amides is 1. The van der Waals surface area contributed by atoms with Gasteiger partial charge >= 0.3 is 0 Å². The number of benzene rings is 1. The molecule has 1 amide bonds. The number of rotatable bonds is 3. The number of thiophene rings is 1. The standard InChI is InChI=1S/C16H16N2O2S/c1-20-10-5-2-8-6-12-13(11(8)7-10)14(15(17)21-12)16(19)18-9-3-4-9/h2,5,7,9H,3-4,6,17H2,1H3,(H,18,19). The summed E-state index contributed by atoms with van der Waals surface area (Å²) in [6.45, 7) is 0. The maximum atomic E-state index is 12.5. The molecule has 0 atom stereocenters. The Kier molecular flexibility index (Phi) is 2.72. The predicted octanol–water partition coefficient (Wildman–Crippen LogP) is 2.80. The fourth-order valence-electron chi connectivity index (χ4n) is 2.86. The van der Waals surface area contributed by atoms with Crippen LogP contribution in [-0.4, -0.2) is 19.1 Å². The molecular weight excluding hydrogens is 284 g/mol. The van der Waals surface area contributed by atoms with Crippen LogP contribution in [0.4, 0.5) is 5.00 Å². The molecule has 108 valence electrons. The van der Waals surface area contributed by atoms with Crippen LogP contribution in [0.3, 0.4) is 0 Å². The van der Waals surface area contributed by atoms with E-state index < -0.39 is 0 Å². The number of fused-ring (bicyclic) bond motifs is 3. The normalized spacial score (nSPS) is 15.5. The molecule has 1 aromatic heterocycles. The Labute approximate surface area is 126 Å². The second kappa shape index (κ2) is 4.49. The van der Waals surface area contributed by atoms with Crippen LogP contribution in [0.5, 0.6) is 5.75 Å². The van der Waals surface area contributed by atoms with E-state index in [-0.39, 0.29) is 5.91 Å². The first-order valence-corrected chi connectivity index (χ1v) is 7.88. The Bertz CT molecular complexity index is 747. The molecule has 1 fully saturated rings. The number of ether oxygens (including phenoxy) is 1. The number of hydrogen-bond donors (Lipinski definition) is 2. The van der Waals surface area contributed by atoms with E-state index in [9.17, 15) is 4.79 Å². The summed E-state index contributed by atoms with van der Waals surface area (Å²) in [5.41, 5.74) is 10.1. The highest BCUT2D eigenvalue weighted by Crippen LogP contribution is 2.47. The van der Waals surface area contributed by atoms with Gasteiger partial charge in [0.15, 0.2) is 0 Å². The quantitative estimate of drug-likeness (QED) is 0.782. The van der Waals surface area contributed by atoms with E-state index in [4.69, 9.17) is 10.5 Å². The fourth-order valence-corrected chi connectivity index (χ4v) is 3.96. The zero-order valence-electron chi connectivity index (χ0n) is 11.7. The Hall–Kier alpha value is -2.01. The number of anilines is 1. The molecule has 0 bridgehead atoms. The smallest absolute Gasteiger partial charge is 0.255 e. The first-order valence-electron chi connectivity index (χ1n) is 7.06. The molecule has 21 heavy (non-hydrogen) atoms. The van der Waals surface area contributed by atoms with Crippen molar-refractivity contribution in [3.63, 3.8) is 0 Å². The Balaban J connectivity index is 1.82. The number of hydrogen-bond acceptors (Lipinski definition) is 4. The van der Waals surface area contributed by atoms with Gasteiger partial charge in [-0.3, -0.25) is 4.79 Å². The fraction of sp³-hybridized carbons (Fsp3) is 0.312. The van der Waals surface area contributed by atoms with Crippen molar-refractivity contribution in [2.75, 3.05) is 12.8 Å². The zero-order valence-corrected chi connectivity index (χ0v) is 12.5. The Morgan fingerprint density at radius 2 is 2.24 bits per heavy atom. The average molecular weight is 300 g/mol. The monoisotopic (exact) mass is 300 g/mol. The number of nitrogens with one attached hydrogen (secondary N) is 1. The van der Waals surface area contributed by atoms with Crippen molar-refractivity contribution in [1.29, 1.82) is 0 Å². The highest BCUT2D eigenvalue weighted by Gasteiger charge is 2.32. The van der Waals surface area contributed by atoms with Gasteiger partial charge in [0.05, 0.1) is 17.7 Å². The molecule has 5 heteroatoms. The lowest BCUT2D eigenvalue weighted by atomic mass is 10.0. The molecule has 3 N–H and O–H groups in total. The summed E-state index contributed by atoms with van der Waals surface area (Å²) in [6.07, 6.45) is 2.99. The van der Waals surface area contributed by atoms with Crippen molar-refractivity contribution < 1.29 is 9.53 Å². The predicted molar refractivity (Wildman–Crippen MR) is 84.0 cm³/mol. The van der Waals surface area contributed by atoms with Crippen LogP contribution in [0.25, 0.3) is 11.1 Å². The second-order valence-corrected chi connectivity index (χ2v) is 6.72. The molecule has 1 aromatic carbocycles. The molecule has 1 heterocycles. The molecule has 4 nitrogen and oxygen atoms in total. The Morgan fingerprint density at radius 3 is 2.95 bits per heavy atom. The van der Waals surface area contributed by atoms with Gasteiger partial charge in [-0.15, -0.1) is 11.3 Å². The number of nitrogen functional groups attached to an aromatic ring is 1. The number of methoxy groups -OCH3 is 1. The third-order valence-electron chi connectivity index (χ3n) is 4.09. The molecule has 1 saturated carbocycles. The minimum Gasteiger partial charge on any atom is -0.497 e. The van der Waals surface area contributed by atoms with Crippen LogP contribution in [0, 0.1) is 0 Å². The van der Waals surface area contributed by atoms with Crippen molar-refractivity contribution in [3.8, 4) is 16.9 Å². The molecule has 2 aliphatic carbocycles. The van der Waals surface area contributed by atoms with Crippen LogP contribution in [0.2, 0.25) is 0 Å². The van der Waals surface area contributed by atoms with Gasteiger partial charge in [0.2, 0.25) is 0 Å². The van der Waals surface area contributed by atoms with Crippen LogP contribution in [0.1, 0.15) is 33.6 Å². The second-order valence-electron chi connectivity index (χ2n) is 5.59. The molecule has 0 saturated heterocycles. The highest BCUT2D eigenvalue weighted by molar-refractivity contribution is 7.17. The van der Waals surface area contributed by atoms with E-state index in [1.807, 2.05) is 12.1 Å². The lowest BCUT2D eigenvalue weighted by Crippen LogP contribution is -2.26. The minimum absolute atomic E-state index is 0.0387. The first-order chi connectivity index (χ1) is 10.2. The van der Waals surface area contributed by atoms with Gasteiger partial charge in [0.1, 0.15) is 5.75 Å². The SMILES string of the molecule is COc1ccc2c(c1)-c1c(sc(N)c1C(=O)NC1CC1)C2. The van der Waals surface area contributed by atoms with Crippen LogP contribution in [-0.2, 0) is 6.42 Å². The summed E-state index contributed by atoms with van der Waals surface area (Å²) >= 11 is 1.53. The minimum atomic E-state index is -0.0387. The first kappa shape index (κ1) is 12.7. The molecule has 4 rings (SSSR count). The van der Waals surface area contributed by atoms with E-state index in [1.165, 1.54) is 21.8 Å². The molecule has 0 aliphatic heterocycles. The van der Waals surface area contributed by atoms with Crippen molar-refractivity contribution in [3.05, 3.63) is 34.2 Å². The van der Waals surface area contributed by atoms with E-state index >= 15 is 0 Å². The molecule has 0 radical (unpaired) electrons. The molecule has 0 spiro atoms. The van der Waals surface area contributed by atoms with Crippen molar-refractivity contribution in [1.82, 2.24) is 5.32 Å². The van der Waals surface area contributed by atoms with E-state index in [0.29, 0.717) is 16.6 Å². The van der Waals surface area contributed by atoms with Crippen LogP contribution in [0.15, 0.2) is 18.2 Å². The lowest BCUT2D eigenvalue weighted by molar-refractivity contribution is 0.0953. The van der Waals surface area contributed by atoms with E-state index in [2.05, 4.69) is 11.4 Å². The van der Waals surface area contributed by atoms with Gasteiger partial charge in [-0.25, -0.2) is 0 Å². The largest absolute Gasteiger partial charge is 0.497 e. The molecular formula is C16H16N2O2S. The maximum absolute atomic E-state index is 12.5. The third kappa shape index (κ3) is 2.00. The highest BCUT2D eigenvalue weighted by atomic mass is 32.1. The third-order valence-corrected chi connectivity index (χ3v) is 5.10. The van der Waals surface area contributed by atoms with Crippen molar-refractivity contribution in [2.45, 2.75) is 25.3 Å². The van der Waals surface area contributed by atoms with Gasteiger partial charge in [0.25, 0.3) is 5.91 Å². The summed E-state index contributed by atoms with van der Waals surface area (Å²) < 4.78 is 5.31. The summed E-state index contributed by atoms with van der Waals surface area (Å²) in [5, 5.41) is 3.66. The number of nitrogens with two attached hydrogens (primary N) is 1.